The number of nitrogens with one attached hydrogen (secondary N) is 1. The summed E-state index contributed by atoms with van der Waals surface area (Å²) in [6.07, 6.45) is 5.20. The Bertz CT molecular complexity index is 327. The standard InChI is InChI=1S/C16H32N2O/c1-6-19-13-10-16(17,15(13,4)5)11-18-12-7-8-14(2,3)9-12/h12-13,18H,6-11,17H2,1-5H3. The van der Waals surface area contributed by atoms with Crippen LogP contribution < -0.4 is 11.1 Å². The summed E-state index contributed by atoms with van der Waals surface area (Å²) in [6, 6.07) is 0.650. The Morgan fingerprint density at radius 3 is 2.37 bits per heavy atom. The SMILES string of the molecule is CCOC1CC(N)(CNC2CCC(C)(C)C2)C1(C)C. The zero-order chi connectivity index (χ0) is 14.3. The summed E-state index contributed by atoms with van der Waals surface area (Å²) in [6.45, 7) is 13.0. The monoisotopic (exact) mass is 268 g/mol. The van der Waals surface area contributed by atoms with Crippen molar-refractivity contribution >= 4 is 0 Å². The van der Waals surface area contributed by atoms with E-state index in [4.69, 9.17) is 10.5 Å². The van der Waals surface area contributed by atoms with Crippen molar-refractivity contribution in [3.05, 3.63) is 0 Å². The van der Waals surface area contributed by atoms with E-state index in [0.29, 0.717) is 17.6 Å². The fourth-order valence-electron chi connectivity index (χ4n) is 3.74. The minimum atomic E-state index is -0.112. The maximum Gasteiger partial charge on any atom is 0.0662 e. The molecular formula is C16H32N2O. The van der Waals surface area contributed by atoms with E-state index in [9.17, 15) is 0 Å². The van der Waals surface area contributed by atoms with E-state index in [2.05, 4.69) is 39.9 Å². The van der Waals surface area contributed by atoms with Crippen LogP contribution in [0.3, 0.4) is 0 Å². The zero-order valence-electron chi connectivity index (χ0n) is 13.4. The molecule has 0 radical (unpaired) electrons. The molecule has 0 spiro atoms. The second-order valence-electron chi connectivity index (χ2n) is 8.01. The van der Waals surface area contributed by atoms with Crippen LogP contribution in [0.4, 0.5) is 0 Å². The van der Waals surface area contributed by atoms with Crippen LogP contribution in [0.25, 0.3) is 0 Å². The molecule has 3 unspecified atom stereocenters. The van der Waals surface area contributed by atoms with Gasteiger partial charge in [0.05, 0.1) is 6.10 Å². The molecule has 112 valence electrons. The largest absolute Gasteiger partial charge is 0.378 e. The molecule has 0 aromatic heterocycles. The van der Waals surface area contributed by atoms with Gasteiger partial charge in [-0.3, -0.25) is 0 Å². The van der Waals surface area contributed by atoms with Crippen LogP contribution in [0.5, 0.6) is 0 Å². The highest BCUT2D eigenvalue weighted by Gasteiger charge is 2.58. The third kappa shape index (κ3) is 2.84. The van der Waals surface area contributed by atoms with Gasteiger partial charge in [-0.2, -0.15) is 0 Å². The van der Waals surface area contributed by atoms with Gasteiger partial charge in [-0.15, -0.1) is 0 Å². The number of hydrogen-bond donors (Lipinski definition) is 2. The highest BCUT2D eigenvalue weighted by molar-refractivity contribution is 5.14. The zero-order valence-corrected chi connectivity index (χ0v) is 13.4. The lowest BCUT2D eigenvalue weighted by atomic mass is 9.54. The minimum absolute atomic E-state index is 0.0735. The molecule has 0 aromatic carbocycles. The molecule has 0 bridgehead atoms. The number of hydrogen-bond acceptors (Lipinski definition) is 3. The van der Waals surface area contributed by atoms with E-state index in [1.54, 1.807) is 0 Å². The van der Waals surface area contributed by atoms with Gasteiger partial charge in [0.25, 0.3) is 0 Å². The summed E-state index contributed by atoms with van der Waals surface area (Å²) >= 11 is 0. The molecule has 3 N–H and O–H groups in total. The Balaban J connectivity index is 1.83. The molecule has 0 aliphatic heterocycles. The molecule has 2 rings (SSSR count). The Kier molecular flexibility index (Phi) is 4.03. The Hall–Kier alpha value is -0.120. The van der Waals surface area contributed by atoms with E-state index in [1.165, 1.54) is 19.3 Å². The highest BCUT2D eigenvalue weighted by Crippen LogP contribution is 2.49. The summed E-state index contributed by atoms with van der Waals surface area (Å²) in [5.74, 6) is 0. The first-order chi connectivity index (χ1) is 8.70. The average Bonchev–Trinajstić information content (AvgIpc) is 2.66. The summed E-state index contributed by atoms with van der Waals surface area (Å²) in [5, 5.41) is 3.72. The molecular weight excluding hydrogens is 236 g/mol. The molecule has 0 aromatic rings. The van der Waals surface area contributed by atoms with Crippen LogP contribution in [0, 0.1) is 10.8 Å². The first-order valence-corrected chi connectivity index (χ1v) is 7.84. The molecule has 0 saturated heterocycles. The van der Waals surface area contributed by atoms with Gasteiger partial charge in [-0.1, -0.05) is 27.7 Å². The maximum atomic E-state index is 6.60. The van der Waals surface area contributed by atoms with E-state index in [1.807, 2.05) is 0 Å². The fraction of sp³-hybridized carbons (Fsp3) is 1.00. The van der Waals surface area contributed by atoms with Gasteiger partial charge in [0.2, 0.25) is 0 Å². The third-order valence-electron chi connectivity index (χ3n) is 5.68. The highest BCUT2D eigenvalue weighted by atomic mass is 16.5. The molecule has 0 heterocycles. The fourth-order valence-corrected chi connectivity index (χ4v) is 3.74. The Morgan fingerprint density at radius 2 is 1.89 bits per heavy atom. The molecule has 3 atom stereocenters. The second kappa shape index (κ2) is 5.01. The first-order valence-electron chi connectivity index (χ1n) is 7.84. The van der Waals surface area contributed by atoms with Crippen molar-refractivity contribution in [2.24, 2.45) is 16.6 Å². The predicted octanol–water partition coefficient (Wildman–Crippen LogP) is 2.69. The molecule has 2 aliphatic rings. The van der Waals surface area contributed by atoms with Crippen LogP contribution in [0.2, 0.25) is 0 Å². The van der Waals surface area contributed by atoms with Gasteiger partial charge >= 0.3 is 0 Å². The average molecular weight is 268 g/mol. The first kappa shape index (κ1) is 15.3. The van der Waals surface area contributed by atoms with Crippen LogP contribution in [-0.2, 0) is 4.74 Å². The van der Waals surface area contributed by atoms with Crippen LogP contribution in [0.1, 0.15) is 60.3 Å². The lowest BCUT2D eigenvalue weighted by Gasteiger charge is -2.59. The van der Waals surface area contributed by atoms with Gasteiger partial charge in [0.1, 0.15) is 0 Å². The molecule has 2 saturated carbocycles. The van der Waals surface area contributed by atoms with Crippen LogP contribution >= 0.6 is 0 Å². The van der Waals surface area contributed by atoms with Crippen molar-refractivity contribution in [3.8, 4) is 0 Å². The summed E-state index contributed by atoms with van der Waals surface area (Å²) < 4.78 is 5.79. The van der Waals surface area contributed by atoms with Gasteiger partial charge in [-0.25, -0.2) is 0 Å². The summed E-state index contributed by atoms with van der Waals surface area (Å²) in [4.78, 5) is 0. The van der Waals surface area contributed by atoms with E-state index >= 15 is 0 Å². The van der Waals surface area contributed by atoms with Gasteiger partial charge in [0, 0.05) is 30.1 Å². The topological polar surface area (TPSA) is 47.3 Å². The van der Waals surface area contributed by atoms with Crippen LogP contribution in [0.15, 0.2) is 0 Å². The second-order valence-corrected chi connectivity index (χ2v) is 8.01. The Labute approximate surface area is 118 Å². The number of nitrogens with two attached hydrogens (primary N) is 1. The van der Waals surface area contributed by atoms with Crippen molar-refractivity contribution in [3.63, 3.8) is 0 Å². The van der Waals surface area contributed by atoms with Crippen molar-refractivity contribution in [1.29, 1.82) is 0 Å². The maximum absolute atomic E-state index is 6.60. The molecule has 2 aliphatic carbocycles. The lowest BCUT2D eigenvalue weighted by molar-refractivity contribution is -0.148. The van der Waals surface area contributed by atoms with Gasteiger partial charge in [0.15, 0.2) is 0 Å². The Morgan fingerprint density at radius 1 is 1.21 bits per heavy atom. The molecule has 0 amide bonds. The predicted molar refractivity (Wildman–Crippen MR) is 80.2 cm³/mol. The minimum Gasteiger partial charge on any atom is -0.378 e. The quantitative estimate of drug-likeness (QED) is 0.806. The molecule has 3 nitrogen and oxygen atoms in total. The number of ether oxygens (including phenoxy) is 1. The normalized spacial score (nSPS) is 40.1. The van der Waals surface area contributed by atoms with Crippen molar-refractivity contribution in [2.45, 2.75) is 78.0 Å². The third-order valence-corrected chi connectivity index (χ3v) is 5.68. The van der Waals surface area contributed by atoms with Gasteiger partial charge < -0.3 is 15.8 Å². The lowest BCUT2D eigenvalue weighted by Crippen LogP contribution is -2.73. The van der Waals surface area contributed by atoms with Crippen molar-refractivity contribution in [1.82, 2.24) is 5.32 Å². The van der Waals surface area contributed by atoms with Crippen LogP contribution in [-0.4, -0.2) is 30.8 Å². The van der Waals surface area contributed by atoms with E-state index < -0.39 is 0 Å². The smallest absolute Gasteiger partial charge is 0.0662 e. The summed E-state index contributed by atoms with van der Waals surface area (Å²) in [5.41, 5.74) is 7.07. The molecule has 19 heavy (non-hydrogen) atoms. The molecule has 3 heteroatoms. The van der Waals surface area contributed by atoms with Gasteiger partial charge in [-0.05, 0) is 38.0 Å². The number of rotatable bonds is 5. The van der Waals surface area contributed by atoms with Crippen molar-refractivity contribution < 1.29 is 4.74 Å². The van der Waals surface area contributed by atoms with Crippen molar-refractivity contribution in [2.75, 3.05) is 13.2 Å². The van der Waals surface area contributed by atoms with E-state index in [0.717, 1.165) is 19.6 Å². The molecule has 2 fully saturated rings. The van der Waals surface area contributed by atoms with E-state index in [-0.39, 0.29) is 11.0 Å². The summed E-state index contributed by atoms with van der Waals surface area (Å²) in [7, 11) is 0.